The molecule has 0 radical (unpaired) electrons. The first-order chi connectivity index (χ1) is 16.9. The lowest BCUT2D eigenvalue weighted by molar-refractivity contribution is -0.122. The highest BCUT2D eigenvalue weighted by Crippen LogP contribution is 2.36. The van der Waals surface area contributed by atoms with Gasteiger partial charge < -0.3 is 24.3 Å². The molecule has 2 aromatic carbocycles. The SMILES string of the molecule is C=CCc1cc(C(=O)NCCN2C(=O)S/C(=C\c3ccc4c(c3)OCO4)C2=O)cc(OC)c1OC. The van der Waals surface area contributed by atoms with Gasteiger partial charge in [0.2, 0.25) is 6.79 Å². The van der Waals surface area contributed by atoms with Crippen LogP contribution in [0.25, 0.3) is 6.08 Å². The van der Waals surface area contributed by atoms with Crippen molar-refractivity contribution < 1.29 is 33.3 Å². The summed E-state index contributed by atoms with van der Waals surface area (Å²) in [4.78, 5) is 39.4. The fourth-order valence-corrected chi connectivity index (χ4v) is 4.58. The topological polar surface area (TPSA) is 103 Å². The van der Waals surface area contributed by atoms with Gasteiger partial charge in [-0.3, -0.25) is 19.3 Å². The third-order valence-electron chi connectivity index (χ3n) is 5.37. The number of carbonyl (C=O) groups is 3. The number of carbonyl (C=O) groups excluding carboxylic acids is 3. The average molecular weight is 497 g/mol. The molecule has 182 valence electrons. The van der Waals surface area contributed by atoms with Crippen molar-refractivity contribution >= 4 is 34.9 Å². The van der Waals surface area contributed by atoms with Crippen molar-refractivity contribution in [1.82, 2.24) is 10.2 Å². The third kappa shape index (κ3) is 5.12. The van der Waals surface area contributed by atoms with Crippen molar-refractivity contribution in [1.29, 1.82) is 0 Å². The molecule has 9 nitrogen and oxygen atoms in total. The largest absolute Gasteiger partial charge is 0.493 e. The van der Waals surface area contributed by atoms with Gasteiger partial charge in [-0.1, -0.05) is 12.1 Å². The maximum Gasteiger partial charge on any atom is 0.293 e. The molecule has 0 atom stereocenters. The van der Waals surface area contributed by atoms with Crippen LogP contribution < -0.4 is 24.3 Å². The zero-order valence-electron chi connectivity index (χ0n) is 19.3. The summed E-state index contributed by atoms with van der Waals surface area (Å²) in [6, 6.07) is 8.57. The van der Waals surface area contributed by atoms with Crippen LogP contribution >= 0.6 is 11.8 Å². The van der Waals surface area contributed by atoms with Crippen LogP contribution in [0.5, 0.6) is 23.0 Å². The molecule has 2 aliphatic rings. The average Bonchev–Trinajstić information content (AvgIpc) is 3.42. The van der Waals surface area contributed by atoms with E-state index in [0.717, 1.165) is 27.8 Å². The number of fused-ring (bicyclic) bond motifs is 1. The van der Waals surface area contributed by atoms with Crippen molar-refractivity contribution in [3.63, 3.8) is 0 Å². The van der Waals surface area contributed by atoms with Crippen molar-refractivity contribution in [3.05, 3.63) is 64.6 Å². The summed E-state index contributed by atoms with van der Waals surface area (Å²) < 4.78 is 21.4. The van der Waals surface area contributed by atoms with E-state index in [-0.39, 0.29) is 25.8 Å². The Morgan fingerprint density at radius 1 is 1.17 bits per heavy atom. The van der Waals surface area contributed by atoms with Crippen LogP contribution in [0.4, 0.5) is 4.79 Å². The summed E-state index contributed by atoms with van der Waals surface area (Å²) in [6.45, 7) is 4.02. The number of benzene rings is 2. The number of nitrogens with zero attached hydrogens (tertiary/aromatic N) is 1. The van der Waals surface area contributed by atoms with Crippen molar-refractivity contribution in [3.8, 4) is 23.0 Å². The highest BCUT2D eigenvalue weighted by molar-refractivity contribution is 8.18. The van der Waals surface area contributed by atoms with Gasteiger partial charge >= 0.3 is 0 Å². The molecule has 35 heavy (non-hydrogen) atoms. The van der Waals surface area contributed by atoms with Crippen LogP contribution in [-0.4, -0.2) is 56.1 Å². The monoisotopic (exact) mass is 496 g/mol. The van der Waals surface area contributed by atoms with Crippen LogP contribution in [-0.2, 0) is 11.2 Å². The number of hydrogen-bond donors (Lipinski definition) is 1. The van der Waals surface area contributed by atoms with Gasteiger partial charge in [0, 0.05) is 24.2 Å². The number of hydrogen-bond acceptors (Lipinski definition) is 8. The minimum absolute atomic E-state index is 0.0433. The Kier molecular flexibility index (Phi) is 7.31. The first kappa shape index (κ1) is 24.2. The number of ether oxygens (including phenoxy) is 4. The standard InChI is InChI=1S/C25H24N2O7S/c1-4-5-16-12-17(13-20(31-2)22(16)32-3)23(28)26-8-9-27-24(29)21(35-25(27)30)11-15-6-7-18-19(10-15)34-14-33-18/h4,6-7,10-13H,1,5,8-9,14H2,2-3H3,(H,26,28)/b21-11-. The summed E-state index contributed by atoms with van der Waals surface area (Å²) in [6.07, 6.45) is 3.83. The lowest BCUT2D eigenvalue weighted by Crippen LogP contribution is -2.37. The van der Waals surface area contributed by atoms with Crippen LogP contribution in [0.1, 0.15) is 21.5 Å². The Morgan fingerprint density at radius 3 is 2.71 bits per heavy atom. The molecule has 0 spiro atoms. The first-order valence-electron chi connectivity index (χ1n) is 10.7. The number of methoxy groups -OCH3 is 2. The van der Waals surface area contributed by atoms with Gasteiger partial charge in [0.25, 0.3) is 17.1 Å². The van der Waals surface area contributed by atoms with E-state index >= 15 is 0 Å². The zero-order valence-corrected chi connectivity index (χ0v) is 20.1. The molecule has 1 saturated heterocycles. The predicted molar refractivity (Wildman–Crippen MR) is 131 cm³/mol. The van der Waals surface area contributed by atoms with Gasteiger partial charge in [0.15, 0.2) is 23.0 Å². The Bertz CT molecular complexity index is 1220. The molecule has 2 heterocycles. The molecule has 0 bridgehead atoms. The molecule has 0 aliphatic carbocycles. The number of thioether (sulfide) groups is 1. The Balaban J connectivity index is 1.40. The maximum atomic E-state index is 12.8. The second-order valence-electron chi connectivity index (χ2n) is 7.57. The van der Waals surface area contributed by atoms with Crippen LogP contribution in [0.15, 0.2) is 47.9 Å². The minimum Gasteiger partial charge on any atom is -0.493 e. The molecule has 0 unspecified atom stereocenters. The summed E-state index contributed by atoms with van der Waals surface area (Å²) in [5, 5.41) is 2.36. The van der Waals surface area contributed by atoms with Crippen LogP contribution in [0, 0.1) is 0 Å². The number of amides is 3. The number of nitrogens with one attached hydrogen (secondary N) is 1. The van der Waals surface area contributed by atoms with E-state index in [9.17, 15) is 14.4 Å². The van der Waals surface area contributed by atoms with Crippen LogP contribution in [0.2, 0.25) is 0 Å². The Hall–Kier alpha value is -3.92. The quantitative estimate of drug-likeness (QED) is 0.415. The van der Waals surface area contributed by atoms with Crippen molar-refractivity contribution in [2.75, 3.05) is 34.1 Å². The molecular weight excluding hydrogens is 472 g/mol. The van der Waals surface area contributed by atoms with E-state index in [1.807, 2.05) is 0 Å². The van der Waals surface area contributed by atoms with Gasteiger partial charge in [0.05, 0.1) is 19.1 Å². The molecule has 0 aromatic heterocycles. The summed E-state index contributed by atoms with van der Waals surface area (Å²) in [5.41, 5.74) is 1.85. The smallest absolute Gasteiger partial charge is 0.293 e. The summed E-state index contributed by atoms with van der Waals surface area (Å²) >= 11 is 0.856. The number of rotatable bonds is 9. The summed E-state index contributed by atoms with van der Waals surface area (Å²) in [7, 11) is 3.02. The Morgan fingerprint density at radius 2 is 1.97 bits per heavy atom. The fourth-order valence-electron chi connectivity index (χ4n) is 3.71. The molecule has 3 amide bonds. The molecule has 0 saturated carbocycles. The lowest BCUT2D eigenvalue weighted by Gasteiger charge is -2.15. The highest BCUT2D eigenvalue weighted by atomic mass is 32.2. The molecule has 2 aliphatic heterocycles. The van der Waals surface area contributed by atoms with Crippen molar-refractivity contribution in [2.45, 2.75) is 6.42 Å². The lowest BCUT2D eigenvalue weighted by atomic mass is 10.0. The Labute approximate surface area is 206 Å². The highest BCUT2D eigenvalue weighted by Gasteiger charge is 2.34. The van der Waals surface area contributed by atoms with Gasteiger partial charge in [-0.15, -0.1) is 6.58 Å². The van der Waals surface area contributed by atoms with Gasteiger partial charge in [-0.2, -0.15) is 0 Å². The molecule has 2 aromatic rings. The predicted octanol–water partition coefficient (Wildman–Crippen LogP) is 3.63. The molecule has 4 rings (SSSR count). The maximum absolute atomic E-state index is 12.8. The third-order valence-corrected chi connectivity index (χ3v) is 6.28. The second-order valence-corrected chi connectivity index (χ2v) is 8.56. The number of allylic oxidation sites excluding steroid dienone is 1. The van der Waals surface area contributed by atoms with Gasteiger partial charge in [-0.25, -0.2) is 0 Å². The fraction of sp³-hybridized carbons (Fsp3) is 0.240. The van der Waals surface area contributed by atoms with E-state index in [0.29, 0.717) is 39.9 Å². The molecular formula is C25H24N2O7S. The zero-order chi connectivity index (χ0) is 24.9. The number of imide groups is 1. The summed E-state index contributed by atoms with van der Waals surface area (Å²) in [5.74, 6) is 1.42. The van der Waals surface area contributed by atoms with E-state index in [2.05, 4.69) is 11.9 Å². The molecule has 1 fully saturated rings. The van der Waals surface area contributed by atoms with Gasteiger partial charge in [-0.05, 0) is 54.1 Å². The second kappa shape index (κ2) is 10.6. The molecule has 10 heteroatoms. The first-order valence-corrected chi connectivity index (χ1v) is 11.6. The van der Waals surface area contributed by atoms with E-state index < -0.39 is 11.1 Å². The minimum atomic E-state index is -0.411. The van der Waals surface area contributed by atoms with Gasteiger partial charge in [0.1, 0.15) is 0 Å². The van der Waals surface area contributed by atoms with E-state index in [1.165, 1.54) is 14.2 Å². The van der Waals surface area contributed by atoms with E-state index in [4.69, 9.17) is 18.9 Å². The normalized spacial score (nSPS) is 15.5. The van der Waals surface area contributed by atoms with Crippen LogP contribution in [0.3, 0.4) is 0 Å². The molecule has 1 N–H and O–H groups in total. The van der Waals surface area contributed by atoms with Crippen molar-refractivity contribution in [2.24, 2.45) is 0 Å². The van der Waals surface area contributed by atoms with E-state index in [1.54, 1.807) is 42.5 Å².